The molecule has 0 spiro atoms. The minimum absolute atomic E-state index is 0.200. The number of likely N-dealkylation sites (tertiary alicyclic amines) is 1. The molecule has 0 radical (unpaired) electrons. The van der Waals surface area contributed by atoms with E-state index in [0.29, 0.717) is 6.54 Å². The van der Waals surface area contributed by atoms with Gasteiger partial charge >= 0.3 is 6.09 Å². The molecule has 1 rings (SSSR count). The van der Waals surface area contributed by atoms with Crippen molar-refractivity contribution < 1.29 is 14.4 Å². The molecule has 1 heterocycles. The summed E-state index contributed by atoms with van der Waals surface area (Å²) in [7, 11) is 1.59. The Labute approximate surface area is 97.0 Å². The molecule has 1 aliphatic heterocycles. The Bertz CT molecular complexity index is 236. The van der Waals surface area contributed by atoms with E-state index in [1.165, 1.54) is 0 Å². The molecule has 0 aliphatic carbocycles. The SMILES string of the molecule is CONC1CCCN(C(=O)OC(C)(C)C)C1. The Balaban J connectivity index is 2.44. The van der Waals surface area contributed by atoms with Crippen molar-refractivity contribution in [2.24, 2.45) is 0 Å². The molecule has 1 atom stereocenters. The molecular formula is C11H22N2O3. The average molecular weight is 230 g/mol. The number of rotatable bonds is 2. The van der Waals surface area contributed by atoms with Gasteiger partial charge in [0.25, 0.3) is 0 Å². The van der Waals surface area contributed by atoms with Crippen LogP contribution in [0, 0.1) is 0 Å². The minimum Gasteiger partial charge on any atom is -0.444 e. The standard InChI is InChI=1S/C11H22N2O3/c1-11(2,3)16-10(14)13-7-5-6-9(8-13)12-15-4/h9,12H,5-8H2,1-4H3. The number of carbonyl (C=O) groups excluding carboxylic acids is 1. The molecule has 0 aromatic carbocycles. The smallest absolute Gasteiger partial charge is 0.410 e. The quantitative estimate of drug-likeness (QED) is 0.731. The number of hydroxylamine groups is 1. The van der Waals surface area contributed by atoms with Crippen LogP contribution in [0.3, 0.4) is 0 Å². The number of ether oxygens (including phenoxy) is 1. The summed E-state index contributed by atoms with van der Waals surface area (Å²) in [6.45, 7) is 7.03. The summed E-state index contributed by atoms with van der Waals surface area (Å²) in [5, 5.41) is 0. The van der Waals surface area contributed by atoms with E-state index in [0.717, 1.165) is 19.4 Å². The fraction of sp³-hybridized carbons (Fsp3) is 0.909. The molecule has 1 unspecified atom stereocenters. The maximum Gasteiger partial charge on any atom is 0.410 e. The van der Waals surface area contributed by atoms with Crippen LogP contribution in [0.25, 0.3) is 0 Å². The Morgan fingerprint density at radius 3 is 2.69 bits per heavy atom. The normalized spacial score (nSPS) is 22.0. The highest BCUT2D eigenvalue weighted by Gasteiger charge is 2.27. The van der Waals surface area contributed by atoms with Crippen molar-refractivity contribution in [3.63, 3.8) is 0 Å². The first-order valence-electron chi connectivity index (χ1n) is 5.69. The largest absolute Gasteiger partial charge is 0.444 e. The van der Waals surface area contributed by atoms with Gasteiger partial charge in [-0.3, -0.25) is 0 Å². The first kappa shape index (κ1) is 13.3. The van der Waals surface area contributed by atoms with Crippen molar-refractivity contribution in [1.82, 2.24) is 10.4 Å². The summed E-state index contributed by atoms with van der Waals surface area (Å²) in [6, 6.07) is 0.200. The van der Waals surface area contributed by atoms with Gasteiger partial charge in [-0.15, -0.1) is 0 Å². The lowest BCUT2D eigenvalue weighted by molar-refractivity contribution is 0.00135. The molecule has 1 amide bonds. The monoisotopic (exact) mass is 230 g/mol. The first-order chi connectivity index (χ1) is 7.42. The highest BCUT2D eigenvalue weighted by molar-refractivity contribution is 5.68. The summed E-state index contributed by atoms with van der Waals surface area (Å²) >= 11 is 0. The maximum atomic E-state index is 11.8. The third-order valence-electron chi connectivity index (χ3n) is 2.36. The van der Waals surface area contributed by atoms with Gasteiger partial charge in [0.1, 0.15) is 5.60 Å². The van der Waals surface area contributed by atoms with E-state index in [2.05, 4.69) is 5.48 Å². The van der Waals surface area contributed by atoms with Gasteiger partial charge in [-0.2, -0.15) is 5.48 Å². The zero-order chi connectivity index (χ0) is 12.2. The highest BCUT2D eigenvalue weighted by atomic mass is 16.6. The number of hydrogen-bond acceptors (Lipinski definition) is 4. The van der Waals surface area contributed by atoms with E-state index in [4.69, 9.17) is 9.57 Å². The maximum absolute atomic E-state index is 11.8. The Morgan fingerprint density at radius 2 is 2.12 bits per heavy atom. The van der Waals surface area contributed by atoms with Crippen LogP contribution in [0.4, 0.5) is 4.79 Å². The van der Waals surface area contributed by atoms with Gasteiger partial charge in [-0.25, -0.2) is 4.79 Å². The summed E-state index contributed by atoms with van der Waals surface area (Å²) in [5.74, 6) is 0. The van der Waals surface area contributed by atoms with Crippen LogP contribution in [-0.2, 0) is 9.57 Å². The van der Waals surface area contributed by atoms with E-state index >= 15 is 0 Å². The topological polar surface area (TPSA) is 50.8 Å². The van der Waals surface area contributed by atoms with E-state index in [-0.39, 0.29) is 12.1 Å². The summed E-state index contributed by atoms with van der Waals surface area (Å²) in [6.07, 6.45) is 1.75. The van der Waals surface area contributed by atoms with Crippen LogP contribution >= 0.6 is 0 Å². The van der Waals surface area contributed by atoms with Gasteiger partial charge in [0.05, 0.1) is 7.11 Å². The Hall–Kier alpha value is -0.810. The molecule has 1 N–H and O–H groups in total. The van der Waals surface area contributed by atoms with Gasteiger partial charge in [0.2, 0.25) is 0 Å². The lowest BCUT2D eigenvalue weighted by atomic mass is 10.1. The van der Waals surface area contributed by atoms with Crippen LogP contribution < -0.4 is 5.48 Å². The van der Waals surface area contributed by atoms with Gasteiger partial charge < -0.3 is 14.5 Å². The number of piperidine rings is 1. The summed E-state index contributed by atoms with van der Waals surface area (Å²) in [4.78, 5) is 18.4. The van der Waals surface area contributed by atoms with Crippen molar-refractivity contribution in [1.29, 1.82) is 0 Å². The van der Waals surface area contributed by atoms with E-state index in [1.807, 2.05) is 20.8 Å². The van der Waals surface area contributed by atoms with Gasteiger partial charge in [0, 0.05) is 19.1 Å². The van der Waals surface area contributed by atoms with E-state index < -0.39 is 5.60 Å². The van der Waals surface area contributed by atoms with Crippen LogP contribution in [0.15, 0.2) is 0 Å². The van der Waals surface area contributed by atoms with Crippen molar-refractivity contribution in [3.05, 3.63) is 0 Å². The van der Waals surface area contributed by atoms with Gasteiger partial charge in [0.15, 0.2) is 0 Å². The van der Waals surface area contributed by atoms with E-state index in [9.17, 15) is 4.79 Å². The molecule has 1 aliphatic rings. The van der Waals surface area contributed by atoms with Crippen LogP contribution in [0.1, 0.15) is 33.6 Å². The Kier molecular flexibility index (Phi) is 4.56. The fourth-order valence-electron chi connectivity index (χ4n) is 1.73. The third kappa shape index (κ3) is 4.37. The van der Waals surface area contributed by atoms with Crippen molar-refractivity contribution in [2.75, 3.05) is 20.2 Å². The number of amides is 1. The van der Waals surface area contributed by atoms with Crippen molar-refractivity contribution >= 4 is 6.09 Å². The second kappa shape index (κ2) is 5.50. The number of nitrogens with zero attached hydrogens (tertiary/aromatic N) is 1. The molecule has 5 nitrogen and oxygen atoms in total. The van der Waals surface area contributed by atoms with E-state index in [1.54, 1.807) is 12.0 Å². The minimum atomic E-state index is -0.432. The number of carbonyl (C=O) groups is 1. The molecule has 94 valence electrons. The first-order valence-corrected chi connectivity index (χ1v) is 5.69. The second-order valence-corrected chi connectivity index (χ2v) is 5.09. The second-order valence-electron chi connectivity index (χ2n) is 5.09. The zero-order valence-corrected chi connectivity index (χ0v) is 10.6. The fourth-order valence-corrected chi connectivity index (χ4v) is 1.73. The molecule has 0 aromatic heterocycles. The summed E-state index contributed by atoms with van der Waals surface area (Å²) in [5.41, 5.74) is 2.45. The molecule has 0 saturated carbocycles. The molecule has 0 aromatic rings. The molecule has 5 heteroatoms. The lowest BCUT2D eigenvalue weighted by Gasteiger charge is -2.33. The number of hydrogen-bond donors (Lipinski definition) is 1. The van der Waals surface area contributed by atoms with Crippen LogP contribution in [0.2, 0.25) is 0 Å². The predicted molar refractivity (Wildman–Crippen MR) is 61.0 cm³/mol. The molecule has 1 saturated heterocycles. The zero-order valence-electron chi connectivity index (χ0n) is 10.6. The molecule has 1 fully saturated rings. The molecular weight excluding hydrogens is 208 g/mol. The molecule has 16 heavy (non-hydrogen) atoms. The van der Waals surface area contributed by atoms with Crippen molar-refractivity contribution in [2.45, 2.75) is 45.3 Å². The van der Waals surface area contributed by atoms with Crippen LogP contribution in [0.5, 0.6) is 0 Å². The summed E-state index contributed by atoms with van der Waals surface area (Å²) < 4.78 is 5.32. The average Bonchev–Trinajstić information content (AvgIpc) is 2.16. The van der Waals surface area contributed by atoms with Gasteiger partial charge in [-0.1, -0.05) is 0 Å². The van der Waals surface area contributed by atoms with Gasteiger partial charge in [-0.05, 0) is 33.6 Å². The number of nitrogens with one attached hydrogen (secondary N) is 1. The predicted octanol–water partition coefficient (Wildman–Crippen LogP) is 1.54. The van der Waals surface area contributed by atoms with Crippen molar-refractivity contribution in [3.8, 4) is 0 Å². The third-order valence-corrected chi connectivity index (χ3v) is 2.36. The van der Waals surface area contributed by atoms with Crippen LogP contribution in [-0.4, -0.2) is 42.8 Å². The Morgan fingerprint density at radius 1 is 1.44 bits per heavy atom. The highest BCUT2D eigenvalue weighted by Crippen LogP contribution is 2.15. The molecule has 0 bridgehead atoms. The lowest BCUT2D eigenvalue weighted by Crippen LogP contribution is -2.49.